The van der Waals surface area contributed by atoms with E-state index in [0.29, 0.717) is 12.8 Å². The number of rotatable bonds is 3. The van der Waals surface area contributed by atoms with E-state index in [1.54, 1.807) is 0 Å². The monoisotopic (exact) mass is 264 g/mol. The van der Waals surface area contributed by atoms with Crippen molar-refractivity contribution in [3.63, 3.8) is 0 Å². The first-order chi connectivity index (χ1) is 8.93. The van der Waals surface area contributed by atoms with Gasteiger partial charge in [-0.1, -0.05) is 13.8 Å². The molecule has 0 spiro atoms. The van der Waals surface area contributed by atoms with E-state index in [9.17, 15) is 14.0 Å². The maximum absolute atomic E-state index is 13.4. The van der Waals surface area contributed by atoms with Gasteiger partial charge in [-0.15, -0.1) is 0 Å². The summed E-state index contributed by atoms with van der Waals surface area (Å²) in [6, 6.07) is 3.76. The van der Waals surface area contributed by atoms with Gasteiger partial charge in [0.2, 0.25) is 11.8 Å². The predicted molar refractivity (Wildman–Crippen MR) is 70.9 cm³/mol. The highest BCUT2D eigenvalue weighted by Crippen LogP contribution is 2.41. The van der Waals surface area contributed by atoms with Crippen molar-refractivity contribution in [1.29, 1.82) is 0 Å². The quantitative estimate of drug-likeness (QED) is 0.673. The molecule has 1 aliphatic rings. The normalized spacial score (nSPS) is 18.2. The van der Waals surface area contributed by atoms with Gasteiger partial charge in [0, 0.05) is 12.1 Å². The number of hydrogen-bond donors (Lipinski definition) is 1. The molecule has 0 unspecified atom stereocenters. The van der Waals surface area contributed by atoms with Gasteiger partial charge in [0.1, 0.15) is 5.82 Å². The van der Waals surface area contributed by atoms with Crippen LogP contribution in [0.4, 0.5) is 15.8 Å². The van der Waals surface area contributed by atoms with Crippen molar-refractivity contribution >= 4 is 23.2 Å². The summed E-state index contributed by atoms with van der Waals surface area (Å²) < 4.78 is 13.4. The van der Waals surface area contributed by atoms with E-state index in [2.05, 4.69) is 0 Å². The summed E-state index contributed by atoms with van der Waals surface area (Å²) in [6.07, 6.45) is 1.36. The van der Waals surface area contributed by atoms with E-state index in [4.69, 9.17) is 5.73 Å². The number of hydrogen-bond acceptors (Lipinski definition) is 3. The highest BCUT2D eigenvalue weighted by molar-refractivity contribution is 6.22. The molecule has 5 heteroatoms. The van der Waals surface area contributed by atoms with E-state index >= 15 is 0 Å². The summed E-state index contributed by atoms with van der Waals surface area (Å²) in [7, 11) is 0. The summed E-state index contributed by atoms with van der Waals surface area (Å²) in [5.74, 6) is -1.10. The third kappa shape index (κ3) is 2.09. The van der Waals surface area contributed by atoms with Crippen molar-refractivity contribution in [3.8, 4) is 0 Å². The molecule has 0 atom stereocenters. The Balaban J connectivity index is 2.46. The van der Waals surface area contributed by atoms with E-state index in [-0.39, 0.29) is 29.6 Å². The number of halogens is 1. The van der Waals surface area contributed by atoms with Gasteiger partial charge in [0.05, 0.1) is 11.1 Å². The number of nitrogens with two attached hydrogens (primary N) is 1. The lowest BCUT2D eigenvalue weighted by atomic mass is 9.81. The Morgan fingerprint density at radius 2 is 1.89 bits per heavy atom. The number of carbonyl (C=O) groups excluding carboxylic acids is 2. The highest BCUT2D eigenvalue weighted by atomic mass is 19.1. The van der Waals surface area contributed by atoms with Crippen molar-refractivity contribution in [1.82, 2.24) is 0 Å². The largest absolute Gasteiger partial charge is 0.399 e. The second kappa shape index (κ2) is 4.64. The van der Waals surface area contributed by atoms with Crippen LogP contribution in [0.15, 0.2) is 18.2 Å². The standard InChI is InChI=1S/C14H17FN2O2/c1-3-14(4-2)8-12(18)17(13(14)19)11-6-9(15)5-10(16)7-11/h5-7H,3-4,8,16H2,1-2H3. The Labute approximate surface area is 111 Å². The van der Waals surface area contributed by atoms with Crippen molar-refractivity contribution in [2.24, 2.45) is 5.41 Å². The minimum Gasteiger partial charge on any atom is -0.399 e. The molecular formula is C14H17FN2O2. The van der Waals surface area contributed by atoms with E-state index in [0.717, 1.165) is 17.0 Å². The Bertz CT molecular complexity index is 518. The molecule has 2 N–H and O–H groups in total. The van der Waals surface area contributed by atoms with Crippen LogP contribution in [-0.4, -0.2) is 11.8 Å². The minimum atomic E-state index is -0.655. The molecule has 19 heavy (non-hydrogen) atoms. The van der Waals surface area contributed by atoms with Crippen LogP contribution in [0, 0.1) is 11.2 Å². The number of nitrogens with zero attached hydrogens (tertiary/aromatic N) is 1. The Kier molecular flexibility index (Phi) is 3.30. The molecule has 0 radical (unpaired) electrons. The molecule has 1 fully saturated rings. The number of carbonyl (C=O) groups is 2. The fourth-order valence-corrected chi connectivity index (χ4v) is 2.58. The number of imide groups is 1. The lowest BCUT2D eigenvalue weighted by Gasteiger charge is -2.23. The SMILES string of the molecule is CCC1(CC)CC(=O)N(c2cc(N)cc(F)c2)C1=O. The zero-order valence-corrected chi connectivity index (χ0v) is 11.1. The van der Waals surface area contributed by atoms with Crippen molar-refractivity contribution in [2.45, 2.75) is 33.1 Å². The van der Waals surface area contributed by atoms with E-state index in [1.165, 1.54) is 6.07 Å². The molecular weight excluding hydrogens is 247 g/mol. The second-order valence-corrected chi connectivity index (χ2v) is 4.94. The number of amides is 2. The molecule has 0 bridgehead atoms. The Hall–Kier alpha value is -1.91. The molecule has 1 aromatic rings. The van der Waals surface area contributed by atoms with Gasteiger partial charge in [-0.2, -0.15) is 0 Å². The van der Waals surface area contributed by atoms with Crippen LogP contribution >= 0.6 is 0 Å². The van der Waals surface area contributed by atoms with Crippen LogP contribution in [0.3, 0.4) is 0 Å². The molecule has 1 saturated heterocycles. The summed E-state index contributed by atoms with van der Waals surface area (Å²) in [5, 5.41) is 0. The van der Waals surface area contributed by atoms with Gasteiger partial charge < -0.3 is 5.73 Å². The van der Waals surface area contributed by atoms with Gasteiger partial charge in [-0.05, 0) is 31.0 Å². The number of nitrogen functional groups attached to an aromatic ring is 1. The number of benzene rings is 1. The average Bonchev–Trinajstić information content (AvgIpc) is 2.60. The maximum atomic E-state index is 13.4. The Morgan fingerprint density at radius 1 is 1.26 bits per heavy atom. The van der Waals surface area contributed by atoms with Crippen LogP contribution in [0.5, 0.6) is 0 Å². The molecule has 0 aliphatic carbocycles. The van der Waals surface area contributed by atoms with Crippen molar-refractivity contribution in [2.75, 3.05) is 10.6 Å². The van der Waals surface area contributed by atoms with Crippen LogP contribution in [0.2, 0.25) is 0 Å². The van der Waals surface area contributed by atoms with E-state index < -0.39 is 11.2 Å². The fourth-order valence-electron chi connectivity index (χ4n) is 2.58. The second-order valence-electron chi connectivity index (χ2n) is 4.94. The lowest BCUT2D eigenvalue weighted by Crippen LogP contribution is -2.35. The lowest BCUT2D eigenvalue weighted by molar-refractivity contribution is -0.126. The topological polar surface area (TPSA) is 63.4 Å². The fraction of sp³-hybridized carbons (Fsp3) is 0.429. The van der Waals surface area contributed by atoms with Gasteiger partial charge in [-0.25, -0.2) is 9.29 Å². The van der Waals surface area contributed by atoms with Crippen LogP contribution in [0.25, 0.3) is 0 Å². The first-order valence-electron chi connectivity index (χ1n) is 6.37. The van der Waals surface area contributed by atoms with Crippen molar-refractivity contribution in [3.05, 3.63) is 24.0 Å². The molecule has 2 rings (SSSR count). The molecule has 1 heterocycles. The molecule has 1 aliphatic heterocycles. The van der Waals surface area contributed by atoms with Gasteiger partial charge in [0.15, 0.2) is 0 Å². The first kappa shape index (κ1) is 13.5. The summed E-state index contributed by atoms with van der Waals surface area (Å²) in [5.41, 5.74) is 5.32. The zero-order chi connectivity index (χ0) is 14.2. The van der Waals surface area contributed by atoms with Crippen molar-refractivity contribution < 1.29 is 14.0 Å². The highest BCUT2D eigenvalue weighted by Gasteiger charge is 2.49. The summed E-state index contributed by atoms with van der Waals surface area (Å²) in [6.45, 7) is 3.77. The van der Waals surface area contributed by atoms with Crippen LogP contribution in [-0.2, 0) is 9.59 Å². The molecule has 0 saturated carbocycles. The average molecular weight is 264 g/mol. The maximum Gasteiger partial charge on any atom is 0.240 e. The molecule has 0 aromatic heterocycles. The first-order valence-corrected chi connectivity index (χ1v) is 6.37. The number of anilines is 2. The smallest absolute Gasteiger partial charge is 0.240 e. The summed E-state index contributed by atoms with van der Waals surface area (Å²) >= 11 is 0. The van der Waals surface area contributed by atoms with Crippen LogP contribution < -0.4 is 10.6 Å². The minimum absolute atomic E-state index is 0.176. The third-order valence-corrected chi connectivity index (χ3v) is 3.91. The summed E-state index contributed by atoms with van der Waals surface area (Å²) in [4.78, 5) is 25.6. The zero-order valence-electron chi connectivity index (χ0n) is 11.1. The molecule has 1 aromatic carbocycles. The molecule has 2 amide bonds. The van der Waals surface area contributed by atoms with Gasteiger partial charge in [-0.3, -0.25) is 9.59 Å². The predicted octanol–water partition coefficient (Wildman–Crippen LogP) is 2.48. The molecule has 102 valence electrons. The van der Waals surface area contributed by atoms with Gasteiger partial charge >= 0.3 is 0 Å². The third-order valence-electron chi connectivity index (χ3n) is 3.91. The Morgan fingerprint density at radius 3 is 2.37 bits per heavy atom. The van der Waals surface area contributed by atoms with Crippen LogP contribution in [0.1, 0.15) is 33.1 Å². The van der Waals surface area contributed by atoms with E-state index in [1.807, 2.05) is 13.8 Å². The van der Waals surface area contributed by atoms with Gasteiger partial charge in [0.25, 0.3) is 0 Å². The molecule has 4 nitrogen and oxygen atoms in total.